The Hall–Kier alpha value is -2.02. The molecule has 6 nitrogen and oxygen atoms in total. The number of anilines is 2. The van der Waals surface area contributed by atoms with Gasteiger partial charge in [-0.05, 0) is 68.7 Å². The van der Waals surface area contributed by atoms with Gasteiger partial charge in [0, 0.05) is 36.4 Å². The van der Waals surface area contributed by atoms with E-state index in [1.54, 1.807) is 0 Å². The molecule has 0 bridgehead atoms. The average Bonchev–Trinajstić information content (AvgIpc) is 3.66. The van der Waals surface area contributed by atoms with E-state index in [2.05, 4.69) is 44.0 Å². The number of piperidine rings is 1. The molecule has 5 rings (SSSR count). The molecule has 2 heterocycles. The van der Waals surface area contributed by atoms with Crippen LogP contribution in [0.3, 0.4) is 0 Å². The summed E-state index contributed by atoms with van der Waals surface area (Å²) in [6.45, 7) is 4.57. The zero-order valence-electron chi connectivity index (χ0n) is 17.0. The maximum atomic E-state index is 12.5. The summed E-state index contributed by atoms with van der Waals surface area (Å²) in [7, 11) is 0. The van der Waals surface area contributed by atoms with Crippen molar-refractivity contribution < 1.29 is 4.79 Å². The van der Waals surface area contributed by atoms with Gasteiger partial charge in [0.05, 0.1) is 5.75 Å². The third-order valence-electron chi connectivity index (χ3n) is 6.18. The second kappa shape index (κ2) is 8.01. The van der Waals surface area contributed by atoms with Gasteiger partial charge in [-0.15, -0.1) is 10.2 Å². The van der Waals surface area contributed by atoms with Crippen molar-refractivity contribution in [1.82, 2.24) is 14.8 Å². The van der Waals surface area contributed by atoms with Crippen LogP contribution in [-0.4, -0.2) is 39.5 Å². The van der Waals surface area contributed by atoms with Crippen LogP contribution in [0, 0.1) is 5.92 Å². The number of hydrogen-bond donors (Lipinski definition) is 1. The second-order valence-corrected chi connectivity index (χ2v) is 9.71. The number of nitrogens with zero attached hydrogens (tertiary/aromatic N) is 4. The molecular formula is C22H29N5OS. The molecule has 1 aliphatic heterocycles. The van der Waals surface area contributed by atoms with E-state index in [1.165, 1.54) is 56.0 Å². The lowest BCUT2D eigenvalue weighted by molar-refractivity contribution is -0.113. The molecule has 0 radical (unpaired) electrons. The summed E-state index contributed by atoms with van der Waals surface area (Å²) in [6.07, 6.45) is 7.37. The van der Waals surface area contributed by atoms with Gasteiger partial charge in [-0.2, -0.15) is 0 Å². The summed E-state index contributed by atoms with van der Waals surface area (Å²) in [5, 5.41) is 12.7. The van der Waals surface area contributed by atoms with E-state index in [-0.39, 0.29) is 5.91 Å². The van der Waals surface area contributed by atoms with Gasteiger partial charge in [-0.3, -0.25) is 4.79 Å². The summed E-state index contributed by atoms with van der Waals surface area (Å²) in [5.41, 5.74) is 2.10. The molecule has 0 unspecified atom stereocenters. The Bertz CT molecular complexity index is 864. The SMILES string of the molecule is CC1CCN(c2ccc(NC(=O)CSc3nnc(C4CC4)n3C3CC3)cc2)CC1. The Morgan fingerprint density at radius 2 is 1.79 bits per heavy atom. The number of hydrogen-bond acceptors (Lipinski definition) is 5. The van der Waals surface area contributed by atoms with Crippen LogP contribution in [0.2, 0.25) is 0 Å². The first-order chi connectivity index (χ1) is 14.2. The molecule has 1 aromatic heterocycles. The maximum Gasteiger partial charge on any atom is 0.234 e. The van der Waals surface area contributed by atoms with Gasteiger partial charge in [0.2, 0.25) is 5.91 Å². The molecule has 3 fully saturated rings. The summed E-state index contributed by atoms with van der Waals surface area (Å²) < 4.78 is 2.30. The first-order valence-electron chi connectivity index (χ1n) is 10.9. The van der Waals surface area contributed by atoms with Gasteiger partial charge >= 0.3 is 0 Å². The normalized spacial score (nSPS) is 20.1. The predicted octanol–water partition coefficient (Wildman–Crippen LogP) is 4.46. The summed E-state index contributed by atoms with van der Waals surface area (Å²) in [5.74, 6) is 2.92. The quantitative estimate of drug-likeness (QED) is 0.682. The highest BCUT2D eigenvalue weighted by molar-refractivity contribution is 7.99. The molecule has 154 valence electrons. The van der Waals surface area contributed by atoms with Crippen LogP contribution < -0.4 is 10.2 Å². The number of nitrogens with one attached hydrogen (secondary N) is 1. The number of carbonyl (C=O) groups is 1. The molecule has 1 amide bonds. The molecule has 2 aliphatic carbocycles. The maximum absolute atomic E-state index is 12.5. The lowest BCUT2D eigenvalue weighted by Crippen LogP contribution is -2.32. The standard InChI is InChI=1S/C22H29N5OS/c1-15-10-12-26(13-11-15)18-6-4-17(5-7-18)23-20(28)14-29-22-25-24-21(16-2-3-16)27(22)19-8-9-19/h4-7,15-16,19H,2-3,8-14H2,1H3,(H,23,28). The van der Waals surface area contributed by atoms with E-state index in [1.807, 2.05) is 12.1 Å². The van der Waals surface area contributed by atoms with Crippen molar-refractivity contribution in [2.24, 2.45) is 5.92 Å². The predicted molar refractivity (Wildman–Crippen MR) is 117 cm³/mol. The van der Waals surface area contributed by atoms with E-state index < -0.39 is 0 Å². The van der Waals surface area contributed by atoms with E-state index in [9.17, 15) is 4.79 Å². The van der Waals surface area contributed by atoms with E-state index in [0.717, 1.165) is 35.7 Å². The molecule has 1 N–H and O–H groups in total. The fourth-order valence-corrected chi connectivity index (χ4v) is 4.84. The van der Waals surface area contributed by atoms with Gasteiger partial charge in [0.25, 0.3) is 0 Å². The summed E-state index contributed by atoms with van der Waals surface area (Å²) in [6, 6.07) is 8.80. The Balaban J connectivity index is 1.15. The van der Waals surface area contributed by atoms with Crippen molar-refractivity contribution in [2.75, 3.05) is 29.1 Å². The topological polar surface area (TPSA) is 63.1 Å². The van der Waals surface area contributed by atoms with Crippen LogP contribution in [0.15, 0.2) is 29.4 Å². The molecule has 1 saturated heterocycles. The van der Waals surface area contributed by atoms with Crippen LogP contribution in [0.25, 0.3) is 0 Å². The van der Waals surface area contributed by atoms with Gasteiger partial charge in [0.15, 0.2) is 5.16 Å². The minimum Gasteiger partial charge on any atom is -0.372 e. The van der Waals surface area contributed by atoms with E-state index in [0.29, 0.717) is 17.7 Å². The highest BCUT2D eigenvalue weighted by Crippen LogP contribution is 2.46. The van der Waals surface area contributed by atoms with Crippen molar-refractivity contribution in [3.63, 3.8) is 0 Å². The van der Waals surface area contributed by atoms with Crippen molar-refractivity contribution >= 4 is 29.0 Å². The van der Waals surface area contributed by atoms with Crippen molar-refractivity contribution in [1.29, 1.82) is 0 Å². The van der Waals surface area contributed by atoms with Crippen molar-refractivity contribution in [3.8, 4) is 0 Å². The Morgan fingerprint density at radius 1 is 1.07 bits per heavy atom. The fourth-order valence-electron chi connectivity index (χ4n) is 4.03. The molecule has 0 spiro atoms. The number of carbonyl (C=O) groups excluding carboxylic acids is 1. The molecule has 2 saturated carbocycles. The second-order valence-electron chi connectivity index (χ2n) is 8.77. The van der Waals surface area contributed by atoms with E-state index >= 15 is 0 Å². The van der Waals surface area contributed by atoms with Crippen LogP contribution in [0.4, 0.5) is 11.4 Å². The minimum absolute atomic E-state index is 0.00728. The third-order valence-corrected chi connectivity index (χ3v) is 7.12. The van der Waals surface area contributed by atoms with Gasteiger partial charge in [-0.1, -0.05) is 18.7 Å². The molecule has 3 aliphatic rings. The van der Waals surface area contributed by atoms with Crippen LogP contribution in [-0.2, 0) is 4.79 Å². The highest BCUT2D eigenvalue weighted by Gasteiger charge is 2.36. The number of rotatable bonds is 7. The highest BCUT2D eigenvalue weighted by atomic mass is 32.2. The van der Waals surface area contributed by atoms with Crippen LogP contribution >= 0.6 is 11.8 Å². The summed E-state index contributed by atoms with van der Waals surface area (Å²) in [4.78, 5) is 14.9. The number of amides is 1. The molecule has 2 aromatic rings. The lowest BCUT2D eigenvalue weighted by atomic mass is 9.99. The zero-order valence-corrected chi connectivity index (χ0v) is 17.8. The first kappa shape index (κ1) is 19.0. The van der Waals surface area contributed by atoms with Crippen molar-refractivity contribution in [2.45, 2.75) is 62.6 Å². The van der Waals surface area contributed by atoms with Gasteiger partial charge < -0.3 is 14.8 Å². The largest absolute Gasteiger partial charge is 0.372 e. The summed E-state index contributed by atoms with van der Waals surface area (Å²) >= 11 is 1.50. The number of thioether (sulfide) groups is 1. The molecule has 29 heavy (non-hydrogen) atoms. The monoisotopic (exact) mass is 411 g/mol. The Kier molecular flexibility index (Phi) is 5.24. The van der Waals surface area contributed by atoms with Crippen molar-refractivity contribution in [3.05, 3.63) is 30.1 Å². The lowest BCUT2D eigenvalue weighted by Gasteiger charge is -2.32. The smallest absolute Gasteiger partial charge is 0.234 e. The van der Waals surface area contributed by atoms with E-state index in [4.69, 9.17) is 0 Å². The zero-order chi connectivity index (χ0) is 19.8. The molecular weight excluding hydrogens is 382 g/mol. The molecule has 1 aromatic carbocycles. The van der Waals surface area contributed by atoms with Crippen LogP contribution in [0.5, 0.6) is 0 Å². The van der Waals surface area contributed by atoms with Gasteiger partial charge in [0.1, 0.15) is 5.82 Å². The first-order valence-corrected chi connectivity index (χ1v) is 11.9. The molecule has 0 atom stereocenters. The van der Waals surface area contributed by atoms with Gasteiger partial charge in [-0.25, -0.2) is 0 Å². The number of benzene rings is 1. The minimum atomic E-state index is 0.00728. The Labute approximate surface area is 176 Å². The van der Waals surface area contributed by atoms with Crippen LogP contribution in [0.1, 0.15) is 63.2 Å². The average molecular weight is 412 g/mol. The third kappa shape index (κ3) is 4.44. The molecule has 7 heteroatoms. The Morgan fingerprint density at radius 3 is 2.45 bits per heavy atom. The number of aromatic nitrogens is 3. The fraction of sp³-hybridized carbons (Fsp3) is 0.591.